The van der Waals surface area contributed by atoms with E-state index in [0.29, 0.717) is 9.13 Å². The van der Waals surface area contributed by atoms with Gasteiger partial charge in [-0.15, -0.1) is 0 Å². The predicted molar refractivity (Wildman–Crippen MR) is 144 cm³/mol. The van der Waals surface area contributed by atoms with E-state index in [9.17, 15) is 56.5 Å². The number of rotatable bonds is 11. The first kappa shape index (κ1) is 36.0. The number of halogens is 3. The Morgan fingerprint density at radius 2 is 1.57 bits per heavy atom. The maximum Gasteiger partial charge on any atom is 0.490 e. The zero-order valence-corrected chi connectivity index (χ0v) is 25.3. The van der Waals surface area contributed by atoms with Crippen molar-refractivity contribution in [1.82, 2.24) is 14.1 Å². The minimum atomic E-state index is -5.87. The fourth-order valence-electron chi connectivity index (χ4n) is 4.39. The number of phosphoric ester groups is 1. The van der Waals surface area contributed by atoms with Crippen molar-refractivity contribution in [2.75, 3.05) is 6.61 Å². The van der Waals surface area contributed by atoms with Gasteiger partial charge in [-0.1, -0.05) is 30.3 Å². The Labute approximate surface area is 254 Å². The van der Waals surface area contributed by atoms with Crippen molar-refractivity contribution in [1.29, 1.82) is 0 Å². The predicted octanol–water partition coefficient (Wildman–Crippen LogP) is 1.10. The maximum absolute atomic E-state index is 14.3. The lowest BCUT2D eigenvalue weighted by molar-refractivity contribution is -0.138. The zero-order chi connectivity index (χ0) is 34.2. The third-order valence-corrected chi connectivity index (χ3v) is 10.0. The van der Waals surface area contributed by atoms with Crippen LogP contribution in [-0.2, 0) is 44.3 Å². The highest BCUT2D eigenvalue weighted by molar-refractivity contribution is 7.66. The fraction of sp³-hybridized carbons (Fsp3) is 0.318. The molecule has 18 nitrogen and oxygen atoms in total. The third kappa shape index (κ3) is 8.53. The highest BCUT2D eigenvalue weighted by Gasteiger charge is 2.47. The van der Waals surface area contributed by atoms with E-state index < -0.39 is 89.8 Å². The second-order valence-electron chi connectivity index (χ2n) is 9.41. The van der Waals surface area contributed by atoms with Gasteiger partial charge in [-0.25, -0.2) is 18.5 Å². The summed E-state index contributed by atoms with van der Waals surface area (Å²) in [6.07, 6.45) is -10.8. The number of benzene rings is 1. The number of aromatic nitrogens is 3. The summed E-state index contributed by atoms with van der Waals surface area (Å²) in [5.74, 6) is 0. The van der Waals surface area contributed by atoms with Crippen LogP contribution in [0.4, 0.5) is 13.2 Å². The van der Waals surface area contributed by atoms with E-state index in [1.54, 1.807) is 6.07 Å². The first-order chi connectivity index (χ1) is 21.2. The summed E-state index contributed by atoms with van der Waals surface area (Å²) in [4.78, 5) is 65.7. The van der Waals surface area contributed by atoms with Gasteiger partial charge in [0.1, 0.15) is 18.3 Å². The van der Waals surface area contributed by atoms with Gasteiger partial charge in [-0.3, -0.25) is 23.4 Å². The highest BCUT2D eigenvalue weighted by Crippen LogP contribution is 2.66. The molecule has 6 N–H and O–H groups in total. The van der Waals surface area contributed by atoms with Crippen molar-refractivity contribution in [3.8, 4) is 11.1 Å². The molecule has 0 saturated carbocycles. The molecule has 0 aliphatic carbocycles. The Morgan fingerprint density at radius 1 is 0.913 bits per heavy atom. The summed E-state index contributed by atoms with van der Waals surface area (Å²) >= 11 is 0. The molecule has 24 heteroatoms. The van der Waals surface area contributed by atoms with Gasteiger partial charge in [0.05, 0.1) is 24.4 Å². The third-order valence-electron chi connectivity index (χ3n) is 6.23. The lowest BCUT2D eigenvalue weighted by Gasteiger charge is -2.20. The molecule has 1 aliphatic heterocycles. The van der Waals surface area contributed by atoms with Crippen molar-refractivity contribution in [2.24, 2.45) is 0 Å². The van der Waals surface area contributed by atoms with Crippen LogP contribution >= 0.6 is 23.5 Å². The molecule has 1 saturated heterocycles. The Morgan fingerprint density at radius 3 is 2.17 bits per heavy atom. The topological polar surface area (TPSA) is 266 Å². The summed E-state index contributed by atoms with van der Waals surface area (Å²) in [5, 5.41) is 20.9. The minimum Gasteiger partial charge on any atom is -0.387 e. The molecule has 2 aromatic heterocycles. The molecule has 252 valence electrons. The van der Waals surface area contributed by atoms with E-state index in [2.05, 4.69) is 18.1 Å². The number of alkyl halides is 3. The SMILES string of the molecule is O=c1ccn([C@@H]2O[C@H](COP(=O)(O)OP(=O)(O)OP(=O)(O)O)C(O)C2O)c(=O)n1Cc1nccc(-c2ccccc2)c1C(F)(F)F. The first-order valence-electron chi connectivity index (χ1n) is 12.4. The number of pyridine rings is 1. The number of nitrogens with zero attached hydrogens (tertiary/aromatic N) is 3. The molecule has 6 atom stereocenters. The van der Waals surface area contributed by atoms with Gasteiger partial charge in [-0.2, -0.15) is 21.8 Å². The lowest BCUT2D eigenvalue weighted by Crippen LogP contribution is -2.43. The average Bonchev–Trinajstić information content (AvgIpc) is 3.20. The van der Waals surface area contributed by atoms with Crippen LogP contribution in [-0.4, -0.2) is 68.8 Å². The van der Waals surface area contributed by atoms with E-state index in [1.165, 1.54) is 24.3 Å². The van der Waals surface area contributed by atoms with E-state index in [4.69, 9.17) is 14.5 Å². The molecule has 46 heavy (non-hydrogen) atoms. The molecule has 4 unspecified atom stereocenters. The van der Waals surface area contributed by atoms with Crippen molar-refractivity contribution < 1.29 is 74.5 Å². The van der Waals surface area contributed by atoms with Crippen molar-refractivity contribution in [2.45, 2.75) is 37.3 Å². The molecule has 1 aromatic carbocycles. The van der Waals surface area contributed by atoms with Gasteiger partial charge in [0.25, 0.3) is 5.56 Å². The number of ether oxygens (including phenoxy) is 1. The van der Waals surface area contributed by atoms with Crippen LogP contribution in [0.15, 0.2) is 64.4 Å². The van der Waals surface area contributed by atoms with Crippen LogP contribution in [0.5, 0.6) is 0 Å². The second kappa shape index (κ2) is 13.3. The maximum atomic E-state index is 14.3. The average molecular weight is 719 g/mol. The van der Waals surface area contributed by atoms with Crippen LogP contribution in [0.2, 0.25) is 0 Å². The van der Waals surface area contributed by atoms with Crippen molar-refractivity contribution >= 4 is 23.5 Å². The molecule has 1 aliphatic rings. The van der Waals surface area contributed by atoms with Gasteiger partial charge in [0, 0.05) is 18.5 Å². The largest absolute Gasteiger partial charge is 0.490 e. The van der Waals surface area contributed by atoms with Crippen LogP contribution in [0.3, 0.4) is 0 Å². The molecule has 0 radical (unpaired) electrons. The van der Waals surface area contributed by atoms with Crippen molar-refractivity contribution in [3.05, 3.63) is 87.0 Å². The number of hydrogen-bond acceptors (Lipinski definition) is 12. The Kier molecular flexibility index (Phi) is 10.4. The van der Waals surface area contributed by atoms with E-state index >= 15 is 0 Å². The van der Waals surface area contributed by atoms with Gasteiger partial charge < -0.3 is 34.5 Å². The van der Waals surface area contributed by atoms with Crippen LogP contribution < -0.4 is 11.2 Å². The van der Waals surface area contributed by atoms with Crippen molar-refractivity contribution in [3.63, 3.8) is 0 Å². The molecule has 4 rings (SSSR count). The van der Waals surface area contributed by atoms with E-state index in [-0.39, 0.29) is 11.1 Å². The lowest BCUT2D eigenvalue weighted by atomic mass is 9.98. The molecular weight excluding hydrogens is 696 g/mol. The number of aliphatic hydroxyl groups excluding tert-OH is 2. The van der Waals surface area contributed by atoms with Gasteiger partial charge in [-0.05, 0) is 17.2 Å². The first-order valence-corrected chi connectivity index (χ1v) is 16.9. The molecule has 3 heterocycles. The quantitative estimate of drug-likeness (QED) is 0.152. The van der Waals surface area contributed by atoms with Gasteiger partial charge >= 0.3 is 35.3 Å². The standard InChI is InChI=1S/C22H23F3N3O15P3/c23-22(24,25)17-13(12-4-2-1-3-5-12)6-8-26-14(17)10-28-16(29)7-9-27(21(28)32)20-19(31)18(30)15(41-20)11-40-45(36,37)43-46(38,39)42-44(33,34)35/h1-9,15,18-20,30-31H,10-11H2,(H,36,37)(H,38,39)(H2,33,34,35)/t15-,18?,19?,20-/m1/s1. The monoisotopic (exact) mass is 719 g/mol. The summed E-state index contributed by atoms with van der Waals surface area (Å²) in [6.45, 7) is -2.20. The molecule has 0 bridgehead atoms. The summed E-state index contributed by atoms with van der Waals surface area (Å²) in [6, 6.07) is 9.30. The number of aliphatic hydroxyl groups is 2. The Balaban J connectivity index is 1.60. The smallest absolute Gasteiger partial charge is 0.387 e. The Hall–Kier alpha value is -2.87. The molecular formula is C22H23F3N3O15P3. The summed E-state index contributed by atoms with van der Waals surface area (Å²) < 4.78 is 94.7. The molecule has 0 amide bonds. The van der Waals surface area contributed by atoms with Crippen LogP contribution in [0.1, 0.15) is 17.5 Å². The van der Waals surface area contributed by atoms with Gasteiger partial charge in [0.2, 0.25) is 0 Å². The van der Waals surface area contributed by atoms with E-state index in [1.807, 2.05) is 0 Å². The van der Waals surface area contributed by atoms with Gasteiger partial charge in [0.15, 0.2) is 6.23 Å². The normalized spacial score (nSPS) is 23.2. The summed E-state index contributed by atoms with van der Waals surface area (Å²) in [7, 11) is -17.2. The highest BCUT2D eigenvalue weighted by atomic mass is 31.3. The zero-order valence-electron chi connectivity index (χ0n) is 22.6. The van der Waals surface area contributed by atoms with E-state index in [0.717, 1.165) is 24.5 Å². The number of hydrogen-bond donors (Lipinski definition) is 6. The fourth-order valence-corrected chi connectivity index (χ4v) is 7.42. The molecule has 1 fully saturated rings. The molecule has 0 spiro atoms. The second-order valence-corrected chi connectivity index (χ2v) is 13.8. The summed E-state index contributed by atoms with van der Waals surface area (Å²) in [5.41, 5.74) is -4.42. The Bertz CT molecular complexity index is 1850. The van der Waals surface area contributed by atoms with Crippen LogP contribution in [0, 0.1) is 0 Å². The number of phosphoric acid groups is 3. The minimum absolute atomic E-state index is 0.176. The molecule has 3 aromatic rings. The van der Waals surface area contributed by atoms with Crippen LogP contribution in [0.25, 0.3) is 11.1 Å².